The van der Waals surface area contributed by atoms with Crippen LogP contribution in [0.15, 0.2) is 51.8 Å². The van der Waals surface area contributed by atoms with E-state index in [1.807, 2.05) is 52.1 Å². The fourth-order valence-electron chi connectivity index (χ4n) is 3.10. The van der Waals surface area contributed by atoms with Gasteiger partial charge in [-0.1, -0.05) is 17.7 Å². The molecule has 1 aromatic carbocycles. The maximum absolute atomic E-state index is 13.2. The summed E-state index contributed by atoms with van der Waals surface area (Å²) in [6.07, 6.45) is 3.01. The number of carbonyl (C=O) groups excluding carboxylic acids is 1. The second kappa shape index (κ2) is 9.09. The first-order valence-electron chi connectivity index (χ1n) is 9.73. The highest BCUT2D eigenvalue weighted by Crippen LogP contribution is 2.36. The van der Waals surface area contributed by atoms with Crippen molar-refractivity contribution in [2.75, 3.05) is 20.7 Å². The zero-order valence-electron chi connectivity index (χ0n) is 18.1. The molecular formula is C23H33N3O2. The minimum Gasteiger partial charge on any atom is -0.497 e. The number of rotatable bonds is 9. The van der Waals surface area contributed by atoms with Crippen molar-refractivity contribution in [1.29, 1.82) is 0 Å². The Balaban J connectivity index is 2.12. The highest BCUT2D eigenvalue weighted by Gasteiger charge is 2.38. The molecule has 1 amide bonds. The number of benzene rings is 1. The summed E-state index contributed by atoms with van der Waals surface area (Å²) in [5.74, 6) is 1.55. The molecule has 5 nitrogen and oxygen atoms in total. The number of allylic oxidation sites excluding steroid dienone is 1. The van der Waals surface area contributed by atoms with Crippen molar-refractivity contribution in [2.45, 2.75) is 52.5 Å². The number of amides is 1. The number of carbonyl (C=O) groups is 1. The van der Waals surface area contributed by atoms with Gasteiger partial charge >= 0.3 is 0 Å². The molecule has 0 spiro atoms. The summed E-state index contributed by atoms with van der Waals surface area (Å²) in [6.45, 7) is 12.4. The van der Waals surface area contributed by atoms with Crippen molar-refractivity contribution in [2.24, 2.45) is 4.99 Å². The predicted molar refractivity (Wildman–Crippen MR) is 116 cm³/mol. The van der Waals surface area contributed by atoms with Gasteiger partial charge in [-0.15, -0.1) is 0 Å². The summed E-state index contributed by atoms with van der Waals surface area (Å²) >= 11 is 0. The van der Waals surface area contributed by atoms with E-state index in [0.29, 0.717) is 17.9 Å². The minimum absolute atomic E-state index is 0.00918. The van der Waals surface area contributed by atoms with Crippen LogP contribution in [0.5, 0.6) is 5.75 Å². The largest absolute Gasteiger partial charge is 0.497 e. The molecule has 2 rings (SSSR count). The van der Waals surface area contributed by atoms with Gasteiger partial charge in [0.1, 0.15) is 11.6 Å². The zero-order valence-corrected chi connectivity index (χ0v) is 18.1. The van der Waals surface area contributed by atoms with E-state index in [9.17, 15) is 4.79 Å². The van der Waals surface area contributed by atoms with E-state index in [0.717, 1.165) is 36.2 Å². The number of ether oxygens (including phenoxy) is 1. The van der Waals surface area contributed by atoms with Crippen molar-refractivity contribution < 1.29 is 9.53 Å². The van der Waals surface area contributed by atoms with Gasteiger partial charge in [-0.05, 0) is 71.4 Å². The molecule has 0 unspecified atom stereocenters. The van der Waals surface area contributed by atoms with Crippen LogP contribution >= 0.6 is 0 Å². The molecule has 0 saturated heterocycles. The van der Waals surface area contributed by atoms with E-state index in [2.05, 4.69) is 24.0 Å². The Labute approximate surface area is 169 Å². The first kappa shape index (κ1) is 21.7. The summed E-state index contributed by atoms with van der Waals surface area (Å²) in [7, 11) is 3.50. The molecule has 0 radical (unpaired) electrons. The summed E-state index contributed by atoms with van der Waals surface area (Å²) in [6, 6.07) is 7.95. The lowest BCUT2D eigenvalue weighted by atomic mass is 10.0. The lowest BCUT2D eigenvalue weighted by molar-refractivity contribution is -0.125. The van der Waals surface area contributed by atoms with Gasteiger partial charge in [0.2, 0.25) is 0 Å². The van der Waals surface area contributed by atoms with E-state index >= 15 is 0 Å². The molecule has 0 bridgehead atoms. The number of hydrogen-bond acceptors (Lipinski definition) is 4. The first-order chi connectivity index (χ1) is 13.2. The van der Waals surface area contributed by atoms with Gasteiger partial charge in [-0.2, -0.15) is 0 Å². The molecule has 152 valence electrons. The molecular weight excluding hydrogens is 350 g/mol. The van der Waals surface area contributed by atoms with Gasteiger partial charge in [-0.3, -0.25) is 4.79 Å². The van der Waals surface area contributed by atoms with Gasteiger partial charge < -0.3 is 15.0 Å². The van der Waals surface area contributed by atoms with Crippen LogP contribution < -0.4 is 10.1 Å². The topological polar surface area (TPSA) is 53.9 Å². The number of nitrogens with zero attached hydrogens (tertiary/aromatic N) is 2. The molecule has 1 fully saturated rings. The van der Waals surface area contributed by atoms with Crippen molar-refractivity contribution in [3.63, 3.8) is 0 Å². The number of nitrogens with one attached hydrogen (secondary N) is 1. The second-order valence-corrected chi connectivity index (χ2v) is 8.02. The fraction of sp³-hybridized carbons (Fsp3) is 0.478. The molecule has 0 aliphatic heterocycles. The Morgan fingerprint density at radius 2 is 1.86 bits per heavy atom. The monoisotopic (exact) mass is 383 g/mol. The number of likely N-dealkylation sites (N-methyl/N-ethyl adjacent to an activating group) is 1. The highest BCUT2D eigenvalue weighted by atomic mass is 16.5. The third-order valence-corrected chi connectivity index (χ3v) is 5.26. The quantitative estimate of drug-likeness (QED) is 0.397. The van der Waals surface area contributed by atoms with Crippen LogP contribution in [0.25, 0.3) is 0 Å². The maximum Gasteiger partial charge on any atom is 0.253 e. The summed E-state index contributed by atoms with van der Waals surface area (Å²) in [5.41, 5.74) is 3.78. The number of hydrogen-bond donors (Lipinski definition) is 1. The van der Waals surface area contributed by atoms with Crippen molar-refractivity contribution in [3.05, 3.63) is 52.4 Å². The van der Waals surface area contributed by atoms with E-state index in [-0.39, 0.29) is 11.4 Å². The molecule has 5 heteroatoms. The van der Waals surface area contributed by atoms with Gasteiger partial charge in [-0.25, -0.2) is 4.99 Å². The van der Waals surface area contributed by atoms with Gasteiger partial charge in [0, 0.05) is 30.3 Å². The Morgan fingerprint density at radius 3 is 2.32 bits per heavy atom. The third kappa shape index (κ3) is 5.47. The van der Waals surface area contributed by atoms with E-state index < -0.39 is 0 Å². The van der Waals surface area contributed by atoms with Gasteiger partial charge in [0.25, 0.3) is 5.91 Å². The molecule has 1 aliphatic rings. The maximum atomic E-state index is 13.2. The molecule has 1 N–H and O–H groups in total. The van der Waals surface area contributed by atoms with Crippen LogP contribution in [0.4, 0.5) is 0 Å². The zero-order chi connectivity index (χ0) is 20.9. The molecule has 1 aromatic rings. The third-order valence-electron chi connectivity index (χ3n) is 5.26. The highest BCUT2D eigenvalue weighted by molar-refractivity contribution is 5.98. The van der Waals surface area contributed by atoms with Gasteiger partial charge in [0.05, 0.1) is 7.11 Å². The Morgan fingerprint density at radius 1 is 1.25 bits per heavy atom. The summed E-state index contributed by atoms with van der Waals surface area (Å²) in [5, 5.41) is 3.45. The van der Waals surface area contributed by atoms with E-state index in [1.54, 1.807) is 12.0 Å². The van der Waals surface area contributed by atoms with Crippen LogP contribution in [-0.4, -0.2) is 43.8 Å². The van der Waals surface area contributed by atoms with Crippen LogP contribution in [-0.2, 0) is 11.2 Å². The van der Waals surface area contributed by atoms with Crippen molar-refractivity contribution >= 4 is 12.6 Å². The molecule has 0 atom stereocenters. The lowest BCUT2D eigenvalue weighted by Gasteiger charge is -2.23. The molecule has 1 aliphatic carbocycles. The SMILES string of the molecule is C=N/C(NC1(C)CC1)=C(\C)C(C(=O)N(C)CCc1ccc(OC)cc1)=C(C)C. The van der Waals surface area contributed by atoms with E-state index in [1.165, 1.54) is 5.56 Å². The predicted octanol–water partition coefficient (Wildman–Crippen LogP) is 4.11. The Hall–Kier alpha value is -2.56. The fourth-order valence-corrected chi connectivity index (χ4v) is 3.10. The van der Waals surface area contributed by atoms with Crippen molar-refractivity contribution in [1.82, 2.24) is 10.2 Å². The number of aliphatic imine (C=N–C) groups is 1. The van der Waals surface area contributed by atoms with Crippen LogP contribution in [0.2, 0.25) is 0 Å². The summed E-state index contributed by atoms with van der Waals surface area (Å²) < 4.78 is 5.19. The van der Waals surface area contributed by atoms with E-state index in [4.69, 9.17) is 4.74 Å². The van der Waals surface area contributed by atoms with Crippen molar-refractivity contribution in [3.8, 4) is 5.75 Å². The average Bonchev–Trinajstić information content (AvgIpc) is 3.41. The normalized spacial score (nSPS) is 15.2. The number of methoxy groups -OCH3 is 1. The minimum atomic E-state index is 0.00918. The first-order valence-corrected chi connectivity index (χ1v) is 9.73. The second-order valence-electron chi connectivity index (χ2n) is 8.02. The lowest BCUT2D eigenvalue weighted by Crippen LogP contribution is -2.33. The van der Waals surface area contributed by atoms with Crippen LogP contribution in [0, 0.1) is 0 Å². The Kier molecular flexibility index (Phi) is 7.05. The summed E-state index contributed by atoms with van der Waals surface area (Å²) in [4.78, 5) is 19.1. The Bertz CT molecular complexity index is 783. The average molecular weight is 384 g/mol. The molecule has 1 saturated carbocycles. The van der Waals surface area contributed by atoms with Gasteiger partial charge in [0.15, 0.2) is 0 Å². The standard InChI is InChI=1S/C23H33N3O2/c1-16(2)20(17(3)21(24-5)25-23(4)13-14-23)22(27)26(6)15-12-18-8-10-19(28-7)11-9-18/h8-11,25H,5,12-15H2,1-4,6-7H3/b21-17-. The molecule has 0 heterocycles. The molecule has 28 heavy (non-hydrogen) atoms. The van der Waals surface area contributed by atoms with Crippen LogP contribution in [0.1, 0.15) is 46.1 Å². The smallest absolute Gasteiger partial charge is 0.253 e. The van der Waals surface area contributed by atoms with Crippen LogP contribution in [0.3, 0.4) is 0 Å². The molecule has 0 aromatic heterocycles.